The molecule has 1 saturated heterocycles. The van der Waals surface area contributed by atoms with Gasteiger partial charge < -0.3 is 16.0 Å². The number of nitrogens with zero attached hydrogens (tertiary/aromatic N) is 2. The maximum atomic E-state index is 13.6. The van der Waals surface area contributed by atoms with Crippen LogP contribution in [0.1, 0.15) is 21.8 Å². The molecular weight excluding hydrogens is 356 g/mol. The van der Waals surface area contributed by atoms with Crippen molar-refractivity contribution >= 4 is 11.8 Å². The zero-order valence-corrected chi connectivity index (χ0v) is 14.8. The summed E-state index contributed by atoms with van der Waals surface area (Å²) in [5.74, 6) is -3.05. The molecule has 0 unspecified atom stereocenters. The Kier molecular flexibility index (Phi) is 5.80. The molecule has 1 fully saturated rings. The number of aryl methyl sites for hydroxylation is 1. The Morgan fingerprint density at radius 2 is 1.93 bits per heavy atom. The molecule has 0 saturated carbocycles. The quantitative estimate of drug-likeness (QED) is 0.642. The number of hydrogen-bond acceptors (Lipinski definition) is 4. The highest BCUT2D eigenvalue weighted by Crippen LogP contribution is 2.27. The van der Waals surface area contributed by atoms with Crippen molar-refractivity contribution in [3.05, 3.63) is 53.4 Å². The number of hydrogen-bond donors (Lipinski definition) is 3. The molecule has 1 aromatic carbocycles. The summed E-state index contributed by atoms with van der Waals surface area (Å²) in [7, 11) is 1.82. The van der Waals surface area contributed by atoms with Gasteiger partial charge in [-0.15, -0.1) is 0 Å². The fourth-order valence-corrected chi connectivity index (χ4v) is 3.23. The number of nitrogens with one attached hydrogen (secondary N) is 3. The van der Waals surface area contributed by atoms with Gasteiger partial charge in [0.2, 0.25) is 5.91 Å². The average Bonchev–Trinajstić information content (AvgIpc) is 3.27. The van der Waals surface area contributed by atoms with Crippen LogP contribution in [0.5, 0.6) is 0 Å². The molecule has 3 rings (SSSR count). The number of benzene rings is 1. The highest BCUT2D eigenvalue weighted by atomic mass is 19.1. The number of rotatable bonds is 6. The summed E-state index contributed by atoms with van der Waals surface area (Å²) in [5, 5.41) is 12.5. The first-order valence-electron chi connectivity index (χ1n) is 8.66. The molecule has 27 heavy (non-hydrogen) atoms. The van der Waals surface area contributed by atoms with Crippen LogP contribution in [-0.2, 0) is 11.8 Å². The van der Waals surface area contributed by atoms with Crippen molar-refractivity contribution < 1.29 is 18.4 Å². The van der Waals surface area contributed by atoms with Crippen LogP contribution in [0.3, 0.4) is 0 Å². The Bertz CT molecular complexity index is 819. The molecule has 0 bridgehead atoms. The van der Waals surface area contributed by atoms with E-state index in [0.717, 1.165) is 17.7 Å². The topological polar surface area (TPSA) is 88.0 Å². The Balaban J connectivity index is 1.49. The molecule has 7 nitrogen and oxygen atoms in total. The lowest BCUT2D eigenvalue weighted by Crippen LogP contribution is -2.39. The van der Waals surface area contributed by atoms with Gasteiger partial charge in [-0.05, 0) is 17.7 Å². The third-order valence-electron chi connectivity index (χ3n) is 4.60. The molecule has 2 atom stereocenters. The summed E-state index contributed by atoms with van der Waals surface area (Å²) < 4.78 is 28.8. The lowest BCUT2D eigenvalue weighted by molar-refractivity contribution is -0.124. The number of carbonyl (C=O) groups is 2. The van der Waals surface area contributed by atoms with Crippen molar-refractivity contribution in [1.29, 1.82) is 0 Å². The highest BCUT2D eigenvalue weighted by molar-refractivity contribution is 5.94. The van der Waals surface area contributed by atoms with Gasteiger partial charge in [0.25, 0.3) is 5.91 Å². The second-order valence-electron chi connectivity index (χ2n) is 6.46. The highest BCUT2D eigenvalue weighted by Gasteiger charge is 2.34. The van der Waals surface area contributed by atoms with E-state index in [2.05, 4.69) is 21.0 Å². The van der Waals surface area contributed by atoms with Crippen molar-refractivity contribution in [2.24, 2.45) is 13.0 Å². The predicted molar refractivity (Wildman–Crippen MR) is 94.0 cm³/mol. The van der Waals surface area contributed by atoms with Gasteiger partial charge in [0.05, 0.1) is 12.1 Å². The molecule has 2 amide bonds. The third-order valence-corrected chi connectivity index (χ3v) is 4.60. The molecule has 0 aliphatic carbocycles. The lowest BCUT2D eigenvalue weighted by Gasteiger charge is -2.17. The molecule has 3 N–H and O–H groups in total. The summed E-state index contributed by atoms with van der Waals surface area (Å²) in [4.78, 5) is 24.4. The minimum Gasteiger partial charge on any atom is -0.354 e. The van der Waals surface area contributed by atoms with E-state index in [0.29, 0.717) is 13.1 Å². The minimum atomic E-state index is -0.923. The van der Waals surface area contributed by atoms with Gasteiger partial charge in [-0.2, -0.15) is 5.10 Å². The van der Waals surface area contributed by atoms with E-state index in [1.807, 2.05) is 13.2 Å². The number of aromatic nitrogens is 2. The fraction of sp³-hybridized carbons (Fsp3) is 0.389. The molecule has 9 heteroatoms. The normalized spacial score (nSPS) is 19.1. The summed E-state index contributed by atoms with van der Waals surface area (Å²) in [6.45, 7) is 1.47. The van der Waals surface area contributed by atoms with E-state index in [9.17, 15) is 18.4 Å². The minimum absolute atomic E-state index is 0.0285. The van der Waals surface area contributed by atoms with Crippen molar-refractivity contribution in [3.63, 3.8) is 0 Å². The van der Waals surface area contributed by atoms with Crippen LogP contribution in [0, 0.1) is 17.6 Å². The zero-order chi connectivity index (χ0) is 19.4. The van der Waals surface area contributed by atoms with Crippen LogP contribution in [0.25, 0.3) is 0 Å². The first-order chi connectivity index (χ1) is 13.0. The third kappa shape index (κ3) is 4.30. The summed E-state index contributed by atoms with van der Waals surface area (Å²) >= 11 is 0. The van der Waals surface area contributed by atoms with Crippen LogP contribution >= 0.6 is 0 Å². The summed E-state index contributed by atoms with van der Waals surface area (Å²) in [6, 6.07) is 3.23. The molecule has 1 aliphatic heterocycles. The van der Waals surface area contributed by atoms with E-state index in [1.54, 1.807) is 10.9 Å². The van der Waals surface area contributed by atoms with Crippen molar-refractivity contribution in [2.75, 3.05) is 26.2 Å². The van der Waals surface area contributed by atoms with Crippen LogP contribution in [0.4, 0.5) is 8.78 Å². The van der Waals surface area contributed by atoms with E-state index in [-0.39, 0.29) is 30.8 Å². The second-order valence-corrected chi connectivity index (χ2v) is 6.46. The predicted octanol–water partition coefficient (Wildman–Crippen LogP) is 0.548. The van der Waals surface area contributed by atoms with E-state index < -0.39 is 23.1 Å². The van der Waals surface area contributed by atoms with Crippen molar-refractivity contribution in [2.45, 2.75) is 5.92 Å². The Morgan fingerprint density at radius 1 is 1.22 bits per heavy atom. The van der Waals surface area contributed by atoms with E-state index in [4.69, 9.17) is 0 Å². The van der Waals surface area contributed by atoms with E-state index >= 15 is 0 Å². The zero-order valence-electron chi connectivity index (χ0n) is 14.8. The van der Waals surface area contributed by atoms with Crippen LogP contribution < -0.4 is 16.0 Å². The Labute approximate surface area is 155 Å². The van der Waals surface area contributed by atoms with Gasteiger partial charge in [-0.1, -0.05) is 6.07 Å². The smallest absolute Gasteiger partial charge is 0.257 e. The fourth-order valence-electron chi connectivity index (χ4n) is 3.23. The van der Waals surface area contributed by atoms with Crippen LogP contribution in [0.2, 0.25) is 0 Å². The van der Waals surface area contributed by atoms with Gasteiger partial charge in [0.15, 0.2) is 0 Å². The van der Waals surface area contributed by atoms with Gasteiger partial charge in [0.1, 0.15) is 17.2 Å². The molecular formula is C18H21F2N5O2. The van der Waals surface area contributed by atoms with Gasteiger partial charge in [-0.3, -0.25) is 14.3 Å². The maximum absolute atomic E-state index is 13.6. The van der Waals surface area contributed by atoms with Gasteiger partial charge >= 0.3 is 0 Å². The first kappa shape index (κ1) is 19.0. The monoisotopic (exact) mass is 377 g/mol. The van der Waals surface area contributed by atoms with Crippen molar-refractivity contribution in [3.8, 4) is 0 Å². The number of halogens is 2. The van der Waals surface area contributed by atoms with Crippen LogP contribution in [0.15, 0.2) is 30.6 Å². The van der Waals surface area contributed by atoms with Crippen molar-refractivity contribution in [1.82, 2.24) is 25.7 Å². The Morgan fingerprint density at radius 3 is 2.59 bits per heavy atom. The molecule has 1 aliphatic rings. The number of carbonyl (C=O) groups excluding carboxylic acids is 2. The molecule has 1 aromatic heterocycles. The molecule has 2 aromatic rings. The van der Waals surface area contributed by atoms with E-state index in [1.165, 1.54) is 6.07 Å². The largest absolute Gasteiger partial charge is 0.354 e. The summed E-state index contributed by atoms with van der Waals surface area (Å²) in [5.41, 5.74) is 0.367. The molecule has 0 spiro atoms. The maximum Gasteiger partial charge on any atom is 0.257 e. The summed E-state index contributed by atoms with van der Waals surface area (Å²) in [6.07, 6.45) is 3.64. The SMILES string of the molecule is Cn1cc([C@H]2CNC[C@@H]2C(=O)NCCNC(=O)c2c(F)cccc2F)cn1. The first-order valence-corrected chi connectivity index (χ1v) is 8.66. The molecule has 0 radical (unpaired) electrons. The molecule has 2 heterocycles. The lowest BCUT2D eigenvalue weighted by atomic mass is 9.90. The van der Waals surface area contributed by atoms with Gasteiger partial charge in [-0.25, -0.2) is 8.78 Å². The number of amides is 2. The molecule has 144 valence electrons. The van der Waals surface area contributed by atoms with Crippen LogP contribution in [-0.4, -0.2) is 47.8 Å². The average molecular weight is 377 g/mol. The second kappa shape index (κ2) is 8.26. The standard InChI is InChI=1S/C18H21F2N5O2/c1-25-10-11(7-24-25)12-8-21-9-13(12)17(26)22-5-6-23-18(27)16-14(19)3-2-4-15(16)20/h2-4,7,10,12-13,21H,5-6,8-9H2,1H3,(H,22,26)(H,23,27)/t12-,13+/m1/s1. The van der Waals surface area contributed by atoms with Gasteiger partial charge in [0, 0.05) is 45.3 Å². The Hall–Kier alpha value is -2.81.